The Balaban J connectivity index is 3.45. The Morgan fingerprint density at radius 1 is 1.42 bits per heavy atom. The van der Waals surface area contributed by atoms with Crippen molar-refractivity contribution in [3.63, 3.8) is 0 Å². The van der Waals surface area contributed by atoms with Crippen molar-refractivity contribution in [2.45, 2.75) is 46.0 Å². The van der Waals surface area contributed by atoms with Gasteiger partial charge in [0.2, 0.25) is 0 Å². The lowest BCUT2D eigenvalue weighted by Gasteiger charge is -2.06. The van der Waals surface area contributed by atoms with Crippen molar-refractivity contribution in [2.24, 2.45) is 5.92 Å². The Kier molecular flexibility index (Phi) is 6.73. The summed E-state index contributed by atoms with van der Waals surface area (Å²) in [6.07, 6.45) is 7.69. The molecule has 1 atom stereocenters. The zero-order valence-electron chi connectivity index (χ0n) is 8.31. The molecular weight excluding hydrogens is 148 g/mol. The SMILES string of the molecule is C=CC(CCCCCC)C(C)=O. The molecule has 0 heterocycles. The number of hydrogen-bond acceptors (Lipinski definition) is 1. The maximum Gasteiger partial charge on any atom is 0.136 e. The van der Waals surface area contributed by atoms with E-state index < -0.39 is 0 Å². The molecule has 1 heteroatoms. The number of unbranched alkanes of at least 4 members (excludes halogenated alkanes) is 3. The molecule has 70 valence electrons. The minimum Gasteiger partial charge on any atom is -0.299 e. The number of hydrogen-bond donors (Lipinski definition) is 0. The molecule has 0 N–H and O–H groups in total. The normalized spacial score (nSPS) is 12.5. The molecule has 0 spiro atoms. The monoisotopic (exact) mass is 168 g/mol. The fourth-order valence-corrected chi connectivity index (χ4v) is 1.28. The van der Waals surface area contributed by atoms with Gasteiger partial charge >= 0.3 is 0 Å². The Morgan fingerprint density at radius 3 is 2.50 bits per heavy atom. The van der Waals surface area contributed by atoms with Gasteiger partial charge in [-0.1, -0.05) is 38.7 Å². The van der Waals surface area contributed by atoms with Crippen LogP contribution in [0.4, 0.5) is 0 Å². The lowest BCUT2D eigenvalue weighted by atomic mass is 9.97. The predicted molar refractivity (Wildman–Crippen MR) is 53.1 cm³/mol. The minimum atomic E-state index is 0.0989. The highest BCUT2D eigenvalue weighted by atomic mass is 16.1. The second kappa shape index (κ2) is 7.08. The van der Waals surface area contributed by atoms with E-state index >= 15 is 0 Å². The van der Waals surface area contributed by atoms with Crippen LogP contribution in [0.1, 0.15) is 46.0 Å². The van der Waals surface area contributed by atoms with Crippen molar-refractivity contribution >= 4 is 5.78 Å². The third-order valence-electron chi connectivity index (χ3n) is 2.18. The van der Waals surface area contributed by atoms with E-state index in [9.17, 15) is 4.79 Å². The molecule has 0 amide bonds. The highest BCUT2D eigenvalue weighted by Gasteiger charge is 2.07. The average molecular weight is 168 g/mol. The number of Topliss-reactive ketones (excluding diaryl/α,β-unsaturated/α-hetero) is 1. The maximum absolute atomic E-state index is 11.0. The van der Waals surface area contributed by atoms with Gasteiger partial charge in [-0.15, -0.1) is 6.58 Å². The molecule has 0 aromatic heterocycles. The molecule has 1 nitrogen and oxygen atoms in total. The largest absolute Gasteiger partial charge is 0.299 e. The fourth-order valence-electron chi connectivity index (χ4n) is 1.28. The van der Waals surface area contributed by atoms with Gasteiger partial charge in [-0.05, 0) is 13.3 Å². The van der Waals surface area contributed by atoms with Crippen molar-refractivity contribution in [3.05, 3.63) is 12.7 Å². The molecular formula is C11H20O. The molecule has 12 heavy (non-hydrogen) atoms. The average Bonchev–Trinajstić information content (AvgIpc) is 2.04. The summed E-state index contributed by atoms with van der Waals surface area (Å²) >= 11 is 0. The molecule has 0 aliphatic carbocycles. The topological polar surface area (TPSA) is 17.1 Å². The van der Waals surface area contributed by atoms with Gasteiger partial charge in [-0.3, -0.25) is 4.79 Å². The first-order chi connectivity index (χ1) is 5.72. The van der Waals surface area contributed by atoms with E-state index in [2.05, 4.69) is 13.5 Å². The second-order valence-corrected chi connectivity index (χ2v) is 3.30. The lowest BCUT2D eigenvalue weighted by Crippen LogP contribution is -2.06. The van der Waals surface area contributed by atoms with Gasteiger partial charge in [-0.2, -0.15) is 0 Å². The van der Waals surface area contributed by atoms with E-state index in [4.69, 9.17) is 0 Å². The lowest BCUT2D eigenvalue weighted by molar-refractivity contribution is -0.119. The Bertz CT molecular complexity index is 138. The van der Waals surface area contributed by atoms with Gasteiger partial charge in [0.15, 0.2) is 0 Å². The number of carbonyl (C=O) groups excluding carboxylic acids is 1. The van der Waals surface area contributed by atoms with Crippen LogP contribution in [-0.2, 0) is 4.79 Å². The minimum absolute atomic E-state index is 0.0989. The third kappa shape index (κ3) is 5.11. The van der Waals surface area contributed by atoms with Gasteiger partial charge in [0.25, 0.3) is 0 Å². The number of carbonyl (C=O) groups is 1. The van der Waals surface area contributed by atoms with Crippen molar-refractivity contribution < 1.29 is 4.79 Å². The summed E-state index contributed by atoms with van der Waals surface area (Å²) in [5, 5.41) is 0. The van der Waals surface area contributed by atoms with E-state index in [1.54, 1.807) is 13.0 Å². The molecule has 0 aromatic rings. The quantitative estimate of drug-likeness (QED) is 0.421. The van der Waals surface area contributed by atoms with Crippen LogP contribution in [0.5, 0.6) is 0 Å². The molecule has 1 unspecified atom stereocenters. The maximum atomic E-state index is 11.0. The van der Waals surface area contributed by atoms with Gasteiger partial charge < -0.3 is 0 Å². The van der Waals surface area contributed by atoms with Crippen LogP contribution in [-0.4, -0.2) is 5.78 Å². The molecule has 0 fully saturated rings. The predicted octanol–water partition coefficient (Wildman–Crippen LogP) is 3.35. The molecule has 0 bridgehead atoms. The summed E-state index contributed by atoms with van der Waals surface area (Å²) in [5.41, 5.74) is 0. The van der Waals surface area contributed by atoms with E-state index in [1.807, 2.05) is 0 Å². The first-order valence-corrected chi connectivity index (χ1v) is 4.85. The van der Waals surface area contributed by atoms with Crippen molar-refractivity contribution in [3.8, 4) is 0 Å². The van der Waals surface area contributed by atoms with Crippen molar-refractivity contribution in [1.82, 2.24) is 0 Å². The van der Waals surface area contributed by atoms with Crippen LogP contribution < -0.4 is 0 Å². The highest BCUT2D eigenvalue weighted by Crippen LogP contribution is 2.12. The van der Waals surface area contributed by atoms with E-state index in [-0.39, 0.29) is 11.7 Å². The van der Waals surface area contributed by atoms with Crippen LogP contribution in [0.25, 0.3) is 0 Å². The van der Waals surface area contributed by atoms with Gasteiger partial charge in [-0.25, -0.2) is 0 Å². The zero-order valence-corrected chi connectivity index (χ0v) is 8.31. The zero-order chi connectivity index (χ0) is 9.40. The van der Waals surface area contributed by atoms with E-state index in [0.29, 0.717) is 0 Å². The second-order valence-electron chi connectivity index (χ2n) is 3.30. The van der Waals surface area contributed by atoms with Crippen LogP contribution in [0, 0.1) is 5.92 Å². The fraction of sp³-hybridized carbons (Fsp3) is 0.727. The Morgan fingerprint density at radius 2 is 2.08 bits per heavy atom. The first kappa shape index (κ1) is 11.4. The summed E-state index contributed by atoms with van der Waals surface area (Å²) in [6.45, 7) is 7.50. The number of ketones is 1. The summed E-state index contributed by atoms with van der Waals surface area (Å²) in [4.78, 5) is 11.0. The molecule has 0 radical (unpaired) electrons. The van der Waals surface area contributed by atoms with Gasteiger partial charge in [0.1, 0.15) is 5.78 Å². The van der Waals surface area contributed by atoms with Crippen LogP contribution >= 0.6 is 0 Å². The summed E-state index contributed by atoms with van der Waals surface area (Å²) in [5.74, 6) is 0.350. The summed E-state index contributed by atoms with van der Waals surface area (Å²) in [6, 6.07) is 0. The van der Waals surface area contributed by atoms with E-state index in [1.165, 1.54) is 19.3 Å². The number of rotatable bonds is 7. The molecule has 0 rings (SSSR count). The van der Waals surface area contributed by atoms with Crippen molar-refractivity contribution in [2.75, 3.05) is 0 Å². The van der Waals surface area contributed by atoms with Gasteiger partial charge in [0.05, 0.1) is 0 Å². The molecule has 0 aliphatic rings. The summed E-state index contributed by atoms with van der Waals surface area (Å²) in [7, 11) is 0. The van der Waals surface area contributed by atoms with Crippen LogP contribution in [0.2, 0.25) is 0 Å². The van der Waals surface area contributed by atoms with Crippen molar-refractivity contribution in [1.29, 1.82) is 0 Å². The van der Waals surface area contributed by atoms with Crippen LogP contribution in [0.15, 0.2) is 12.7 Å². The van der Waals surface area contributed by atoms with Crippen LogP contribution in [0.3, 0.4) is 0 Å². The van der Waals surface area contributed by atoms with E-state index in [0.717, 1.165) is 12.8 Å². The smallest absolute Gasteiger partial charge is 0.136 e. The standard InChI is InChI=1S/C11H20O/c1-4-6-7-8-9-11(5-2)10(3)12/h5,11H,2,4,6-9H2,1,3H3. The Labute approximate surface area is 75.9 Å². The van der Waals surface area contributed by atoms with Gasteiger partial charge in [0, 0.05) is 5.92 Å². The third-order valence-corrected chi connectivity index (χ3v) is 2.18. The molecule has 0 saturated carbocycles. The Hall–Kier alpha value is -0.590. The number of allylic oxidation sites excluding steroid dienone is 1. The first-order valence-electron chi connectivity index (χ1n) is 4.85. The molecule has 0 saturated heterocycles. The molecule has 0 aliphatic heterocycles. The highest BCUT2D eigenvalue weighted by molar-refractivity contribution is 5.79. The molecule has 0 aromatic carbocycles. The summed E-state index contributed by atoms with van der Waals surface area (Å²) < 4.78 is 0.